The van der Waals surface area contributed by atoms with Crippen molar-refractivity contribution in [1.29, 1.82) is 0 Å². The topological polar surface area (TPSA) is 67.5 Å². The Hall–Kier alpha value is -1.36. The van der Waals surface area contributed by atoms with E-state index in [1.54, 1.807) is 0 Å². The van der Waals surface area contributed by atoms with Gasteiger partial charge in [-0.05, 0) is 57.9 Å². The van der Waals surface area contributed by atoms with Crippen molar-refractivity contribution in [3.63, 3.8) is 0 Å². The molecule has 0 saturated carbocycles. The molecule has 1 atom stereocenters. The van der Waals surface area contributed by atoms with Gasteiger partial charge < -0.3 is 11.1 Å². The van der Waals surface area contributed by atoms with Crippen LogP contribution in [0, 0.1) is 13.8 Å². The lowest BCUT2D eigenvalue weighted by Crippen LogP contribution is -2.27. The van der Waals surface area contributed by atoms with Crippen LogP contribution in [0.4, 0.5) is 5.69 Å². The molecule has 5 heteroatoms. The fraction of sp³-hybridized carbons (Fsp3) is 0.533. The van der Waals surface area contributed by atoms with E-state index in [9.17, 15) is 4.21 Å². The van der Waals surface area contributed by atoms with Gasteiger partial charge in [-0.25, -0.2) is 0 Å². The number of hydrogen-bond donors (Lipinski definition) is 2. The van der Waals surface area contributed by atoms with Crippen LogP contribution in [0.1, 0.15) is 31.9 Å². The Morgan fingerprint density at radius 1 is 1.25 bits per heavy atom. The summed E-state index contributed by atoms with van der Waals surface area (Å²) >= 11 is 0. The van der Waals surface area contributed by atoms with Gasteiger partial charge in [0.2, 0.25) is 0 Å². The SMILES string of the molecule is Cc1cc(C)cc(NC(N)=NCCS(=O)C(C)(C)C)c1. The fourth-order valence-corrected chi connectivity index (χ4v) is 2.66. The number of nitrogens with two attached hydrogens (primary N) is 1. The second kappa shape index (κ2) is 6.88. The van der Waals surface area contributed by atoms with Crippen LogP contribution < -0.4 is 11.1 Å². The summed E-state index contributed by atoms with van der Waals surface area (Å²) in [6, 6.07) is 6.14. The number of benzene rings is 1. The minimum atomic E-state index is -0.898. The molecule has 0 aromatic heterocycles. The quantitative estimate of drug-likeness (QED) is 0.662. The van der Waals surface area contributed by atoms with Crippen LogP contribution in [0.15, 0.2) is 23.2 Å². The Labute approximate surface area is 124 Å². The van der Waals surface area contributed by atoms with Crippen molar-refractivity contribution in [2.45, 2.75) is 39.4 Å². The summed E-state index contributed by atoms with van der Waals surface area (Å²) in [4.78, 5) is 4.22. The molecule has 0 saturated heterocycles. The van der Waals surface area contributed by atoms with Gasteiger partial charge in [-0.2, -0.15) is 0 Å². The van der Waals surface area contributed by atoms with Crippen LogP contribution in [-0.2, 0) is 10.8 Å². The Bertz CT molecular complexity index is 498. The Kier molecular flexibility index (Phi) is 5.74. The van der Waals surface area contributed by atoms with Crippen LogP contribution in [-0.4, -0.2) is 27.2 Å². The van der Waals surface area contributed by atoms with Gasteiger partial charge in [0.15, 0.2) is 5.96 Å². The molecular formula is C15H25N3OS. The summed E-state index contributed by atoms with van der Waals surface area (Å²) < 4.78 is 11.7. The maximum atomic E-state index is 11.9. The van der Waals surface area contributed by atoms with E-state index in [1.807, 2.05) is 46.8 Å². The van der Waals surface area contributed by atoms with E-state index < -0.39 is 10.8 Å². The van der Waals surface area contributed by atoms with Crippen molar-refractivity contribution in [3.8, 4) is 0 Å². The van der Waals surface area contributed by atoms with E-state index in [1.165, 1.54) is 11.1 Å². The van der Waals surface area contributed by atoms with Crippen LogP contribution in [0.3, 0.4) is 0 Å². The van der Waals surface area contributed by atoms with Crippen molar-refractivity contribution >= 4 is 22.4 Å². The molecule has 0 radical (unpaired) electrons. The van der Waals surface area contributed by atoms with Gasteiger partial charge in [0.1, 0.15) is 0 Å². The molecule has 0 aliphatic rings. The largest absolute Gasteiger partial charge is 0.370 e. The van der Waals surface area contributed by atoms with Crippen molar-refractivity contribution in [3.05, 3.63) is 29.3 Å². The molecule has 0 amide bonds. The minimum Gasteiger partial charge on any atom is -0.370 e. The Balaban J connectivity index is 2.56. The standard InChI is InChI=1S/C15H25N3OS/c1-11-8-12(2)10-13(9-11)18-14(16)17-6-7-20(19)15(3,4)5/h8-10H,6-7H2,1-5H3,(H3,16,17,18). The minimum absolute atomic E-state index is 0.203. The highest BCUT2D eigenvalue weighted by Crippen LogP contribution is 2.13. The molecule has 0 aliphatic heterocycles. The molecule has 1 aromatic carbocycles. The Morgan fingerprint density at radius 2 is 1.80 bits per heavy atom. The molecule has 1 unspecified atom stereocenters. The van der Waals surface area contributed by atoms with Gasteiger partial charge >= 0.3 is 0 Å². The number of nitrogens with zero attached hydrogens (tertiary/aromatic N) is 1. The summed E-state index contributed by atoms with van der Waals surface area (Å²) in [5.41, 5.74) is 9.12. The third-order valence-electron chi connectivity index (χ3n) is 2.74. The second-order valence-electron chi connectivity index (χ2n) is 5.93. The average molecular weight is 295 g/mol. The van der Waals surface area contributed by atoms with Gasteiger partial charge in [-0.15, -0.1) is 0 Å². The number of aryl methyl sites for hydroxylation is 2. The zero-order valence-electron chi connectivity index (χ0n) is 13.0. The molecule has 0 fully saturated rings. The molecule has 1 rings (SSSR count). The van der Waals surface area contributed by atoms with Crippen LogP contribution in [0.25, 0.3) is 0 Å². The first-order valence-corrected chi connectivity index (χ1v) is 8.04. The monoisotopic (exact) mass is 295 g/mol. The molecule has 0 heterocycles. The first-order chi connectivity index (χ1) is 9.18. The van der Waals surface area contributed by atoms with E-state index >= 15 is 0 Å². The maximum absolute atomic E-state index is 11.9. The number of aliphatic imine (C=N–C) groups is 1. The van der Waals surface area contributed by atoms with Crippen LogP contribution in [0.2, 0.25) is 0 Å². The van der Waals surface area contributed by atoms with Gasteiger partial charge in [0.05, 0.1) is 6.54 Å². The van der Waals surface area contributed by atoms with Crippen LogP contribution >= 0.6 is 0 Å². The molecular weight excluding hydrogens is 270 g/mol. The van der Waals surface area contributed by atoms with E-state index in [-0.39, 0.29) is 4.75 Å². The lowest BCUT2D eigenvalue weighted by Gasteiger charge is -2.16. The fourth-order valence-electron chi connectivity index (χ4n) is 1.79. The maximum Gasteiger partial charge on any atom is 0.193 e. The van der Waals surface area contributed by atoms with Gasteiger partial charge in [0, 0.05) is 27.0 Å². The zero-order chi connectivity index (χ0) is 15.3. The third-order valence-corrected chi connectivity index (χ3v) is 4.66. The molecule has 112 valence electrons. The number of nitrogens with one attached hydrogen (secondary N) is 1. The van der Waals surface area contributed by atoms with E-state index in [0.29, 0.717) is 18.3 Å². The predicted molar refractivity (Wildman–Crippen MR) is 88.8 cm³/mol. The molecule has 3 N–H and O–H groups in total. The molecule has 1 aromatic rings. The molecule has 0 aliphatic carbocycles. The lowest BCUT2D eigenvalue weighted by atomic mass is 10.1. The van der Waals surface area contributed by atoms with Crippen molar-refractivity contribution < 1.29 is 4.21 Å². The molecule has 0 bridgehead atoms. The third kappa shape index (κ3) is 5.74. The molecule has 20 heavy (non-hydrogen) atoms. The average Bonchev–Trinajstić information content (AvgIpc) is 2.25. The van der Waals surface area contributed by atoms with E-state index in [4.69, 9.17) is 5.73 Å². The number of anilines is 1. The highest BCUT2D eigenvalue weighted by Gasteiger charge is 2.18. The first-order valence-electron chi connectivity index (χ1n) is 6.72. The summed E-state index contributed by atoms with van der Waals surface area (Å²) in [6.07, 6.45) is 0. The lowest BCUT2D eigenvalue weighted by molar-refractivity contribution is 0.648. The van der Waals surface area contributed by atoms with E-state index in [2.05, 4.69) is 16.4 Å². The zero-order valence-corrected chi connectivity index (χ0v) is 13.8. The summed E-state index contributed by atoms with van der Waals surface area (Å²) in [7, 11) is -0.898. The number of hydrogen-bond acceptors (Lipinski definition) is 2. The van der Waals surface area contributed by atoms with Crippen molar-refractivity contribution in [1.82, 2.24) is 0 Å². The van der Waals surface area contributed by atoms with Crippen LogP contribution in [0.5, 0.6) is 0 Å². The summed E-state index contributed by atoms with van der Waals surface area (Å²) in [6.45, 7) is 10.4. The van der Waals surface area contributed by atoms with Gasteiger partial charge in [0.25, 0.3) is 0 Å². The van der Waals surface area contributed by atoms with Crippen molar-refractivity contribution in [2.24, 2.45) is 10.7 Å². The number of guanidine groups is 1. The predicted octanol–water partition coefficient (Wildman–Crippen LogP) is 2.58. The molecule has 0 spiro atoms. The molecule has 4 nitrogen and oxygen atoms in total. The first kappa shape index (κ1) is 16.7. The normalized spacial score (nSPS) is 14.2. The van der Waals surface area contributed by atoms with Gasteiger partial charge in [-0.1, -0.05) is 6.07 Å². The van der Waals surface area contributed by atoms with E-state index in [0.717, 1.165) is 5.69 Å². The summed E-state index contributed by atoms with van der Waals surface area (Å²) in [5.74, 6) is 0.888. The highest BCUT2D eigenvalue weighted by atomic mass is 32.2. The second-order valence-corrected chi connectivity index (χ2v) is 8.25. The van der Waals surface area contributed by atoms with Crippen molar-refractivity contribution in [2.75, 3.05) is 17.6 Å². The Morgan fingerprint density at radius 3 is 2.30 bits per heavy atom. The smallest absolute Gasteiger partial charge is 0.193 e. The summed E-state index contributed by atoms with van der Waals surface area (Å²) in [5, 5.41) is 3.06. The number of rotatable bonds is 4. The van der Waals surface area contributed by atoms with Gasteiger partial charge in [-0.3, -0.25) is 9.20 Å². The highest BCUT2D eigenvalue weighted by molar-refractivity contribution is 7.86.